The molecule has 1 amide bonds. The van der Waals surface area contributed by atoms with Crippen LogP contribution < -0.4 is 5.32 Å². The van der Waals surface area contributed by atoms with E-state index in [1.54, 1.807) is 0 Å². The quantitative estimate of drug-likeness (QED) is 0.713. The minimum absolute atomic E-state index is 0.0681. The second-order valence-electron chi connectivity index (χ2n) is 7.59. The van der Waals surface area contributed by atoms with Gasteiger partial charge in [-0.25, -0.2) is 4.68 Å². The first-order valence-corrected chi connectivity index (χ1v) is 10.8. The van der Waals surface area contributed by atoms with E-state index in [9.17, 15) is 4.79 Å². The molecule has 4 rings (SSSR count). The van der Waals surface area contributed by atoms with E-state index in [0.29, 0.717) is 11.8 Å². The second kappa shape index (κ2) is 8.22. The number of hydrogen-bond acceptors (Lipinski definition) is 7. The fraction of sp³-hybridized carbons (Fsp3) is 0.882. The van der Waals surface area contributed by atoms with Crippen LogP contribution in [0.5, 0.6) is 0 Å². The lowest BCUT2D eigenvalue weighted by Crippen LogP contribution is -2.59. The third kappa shape index (κ3) is 4.20. The topological polar surface area (TPSA) is 85.2 Å². The zero-order chi connectivity index (χ0) is 17.8. The van der Waals surface area contributed by atoms with Crippen molar-refractivity contribution in [3.63, 3.8) is 0 Å². The summed E-state index contributed by atoms with van der Waals surface area (Å²) in [4.78, 5) is 15.0. The Morgan fingerprint density at radius 1 is 1.23 bits per heavy atom. The molecule has 0 aromatic carbocycles. The number of morpholine rings is 1. The highest BCUT2D eigenvalue weighted by molar-refractivity contribution is 7.99. The van der Waals surface area contributed by atoms with E-state index in [4.69, 9.17) is 4.74 Å². The van der Waals surface area contributed by atoms with Crippen molar-refractivity contribution >= 4 is 17.7 Å². The first-order chi connectivity index (χ1) is 12.8. The zero-order valence-electron chi connectivity index (χ0n) is 15.2. The molecule has 0 spiro atoms. The Morgan fingerprint density at radius 3 is 2.73 bits per heavy atom. The molecule has 3 fully saturated rings. The van der Waals surface area contributed by atoms with Gasteiger partial charge in [0.15, 0.2) is 0 Å². The molecule has 2 aliphatic carbocycles. The molecule has 1 aromatic rings. The van der Waals surface area contributed by atoms with Crippen molar-refractivity contribution in [2.75, 3.05) is 38.6 Å². The molecule has 9 heteroatoms. The summed E-state index contributed by atoms with van der Waals surface area (Å²) < 4.78 is 7.38. The first kappa shape index (κ1) is 18.2. The van der Waals surface area contributed by atoms with Crippen LogP contribution >= 0.6 is 11.8 Å². The number of tetrazole rings is 1. The van der Waals surface area contributed by atoms with Gasteiger partial charge in [-0.2, -0.15) is 0 Å². The smallest absolute Gasteiger partial charge is 0.230 e. The van der Waals surface area contributed by atoms with Crippen LogP contribution in [0.1, 0.15) is 51.0 Å². The van der Waals surface area contributed by atoms with Gasteiger partial charge in [0.25, 0.3) is 0 Å². The maximum atomic E-state index is 12.4. The van der Waals surface area contributed by atoms with Crippen LogP contribution in [0.15, 0.2) is 5.16 Å². The van der Waals surface area contributed by atoms with Crippen LogP contribution in [-0.2, 0) is 9.53 Å². The molecule has 1 N–H and O–H groups in total. The molecule has 0 radical (unpaired) electrons. The zero-order valence-corrected chi connectivity index (χ0v) is 16.0. The van der Waals surface area contributed by atoms with Crippen LogP contribution in [0.2, 0.25) is 0 Å². The van der Waals surface area contributed by atoms with Crippen molar-refractivity contribution in [2.24, 2.45) is 0 Å². The Hall–Kier alpha value is -1.19. The van der Waals surface area contributed by atoms with Crippen molar-refractivity contribution in [2.45, 2.75) is 61.7 Å². The van der Waals surface area contributed by atoms with E-state index in [1.165, 1.54) is 43.9 Å². The van der Waals surface area contributed by atoms with E-state index in [1.807, 2.05) is 4.68 Å². The van der Waals surface area contributed by atoms with Crippen LogP contribution in [0, 0.1) is 0 Å². The maximum Gasteiger partial charge on any atom is 0.230 e. The summed E-state index contributed by atoms with van der Waals surface area (Å²) in [7, 11) is 0. The SMILES string of the molecule is O=C(CSc1nnnn1C1CC1)NCC1(N2CCOCC2)CCCCC1. The van der Waals surface area contributed by atoms with Crippen molar-refractivity contribution in [1.82, 2.24) is 30.4 Å². The van der Waals surface area contributed by atoms with E-state index >= 15 is 0 Å². The van der Waals surface area contributed by atoms with Crippen molar-refractivity contribution in [3.05, 3.63) is 0 Å². The summed E-state index contributed by atoms with van der Waals surface area (Å²) in [6.45, 7) is 4.28. The second-order valence-corrected chi connectivity index (χ2v) is 8.53. The standard InChI is InChI=1S/C17H28N6O2S/c24-15(12-26-16-19-20-21-23(16)14-4-5-14)18-13-17(6-2-1-3-7-17)22-8-10-25-11-9-22/h14H,1-13H2,(H,18,24). The molecule has 0 atom stereocenters. The Bertz CT molecular complexity index is 608. The molecule has 3 aliphatic rings. The fourth-order valence-corrected chi connectivity index (χ4v) is 4.90. The van der Waals surface area contributed by atoms with Gasteiger partial charge in [-0.3, -0.25) is 9.69 Å². The minimum Gasteiger partial charge on any atom is -0.379 e. The third-order valence-corrected chi connectivity index (χ3v) is 6.70. The molecule has 1 saturated heterocycles. The van der Waals surface area contributed by atoms with Gasteiger partial charge in [-0.05, 0) is 36.1 Å². The highest BCUT2D eigenvalue weighted by Gasteiger charge is 2.38. The Labute approximate surface area is 158 Å². The summed E-state index contributed by atoms with van der Waals surface area (Å²) >= 11 is 1.43. The van der Waals surface area contributed by atoms with Gasteiger partial charge in [0.2, 0.25) is 11.1 Å². The Balaban J connectivity index is 1.30. The van der Waals surface area contributed by atoms with E-state index in [0.717, 1.165) is 50.8 Å². The summed E-state index contributed by atoms with van der Waals surface area (Å²) in [6.07, 6.45) is 8.40. The van der Waals surface area contributed by atoms with Gasteiger partial charge in [0, 0.05) is 25.2 Å². The Kier molecular flexibility index (Phi) is 5.75. The van der Waals surface area contributed by atoms with Crippen LogP contribution in [0.4, 0.5) is 0 Å². The Morgan fingerprint density at radius 2 is 2.00 bits per heavy atom. The lowest BCUT2D eigenvalue weighted by Gasteiger charge is -2.48. The van der Waals surface area contributed by atoms with Crippen LogP contribution in [0.3, 0.4) is 0 Å². The highest BCUT2D eigenvalue weighted by atomic mass is 32.2. The highest BCUT2D eigenvalue weighted by Crippen LogP contribution is 2.36. The average molecular weight is 381 g/mol. The molecule has 8 nitrogen and oxygen atoms in total. The van der Waals surface area contributed by atoms with Gasteiger partial charge in [0.05, 0.1) is 25.0 Å². The number of hydrogen-bond donors (Lipinski definition) is 1. The molecule has 2 heterocycles. The molecule has 26 heavy (non-hydrogen) atoms. The minimum atomic E-state index is 0.0681. The number of carbonyl (C=O) groups excluding carboxylic acids is 1. The molecule has 1 aromatic heterocycles. The van der Waals surface area contributed by atoms with Gasteiger partial charge in [0.1, 0.15) is 0 Å². The summed E-state index contributed by atoms with van der Waals surface area (Å²) in [5.74, 6) is 0.435. The molecule has 0 bridgehead atoms. The number of amides is 1. The number of thioether (sulfide) groups is 1. The van der Waals surface area contributed by atoms with Gasteiger partial charge >= 0.3 is 0 Å². The van der Waals surface area contributed by atoms with Gasteiger partial charge in [-0.1, -0.05) is 31.0 Å². The number of rotatable bonds is 7. The van der Waals surface area contributed by atoms with Crippen LogP contribution in [0.25, 0.3) is 0 Å². The predicted octanol–water partition coefficient (Wildman–Crippen LogP) is 1.25. The number of ether oxygens (including phenoxy) is 1. The number of nitrogens with one attached hydrogen (secondary N) is 1. The van der Waals surface area contributed by atoms with E-state index in [2.05, 4.69) is 25.7 Å². The van der Waals surface area contributed by atoms with Crippen LogP contribution in [-0.4, -0.2) is 75.2 Å². The lowest BCUT2D eigenvalue weighted by atomic mass is 9.79. The largest absolute Gasteiger partial charge is 0.379 e. The molecule has 1 aliphatic heterocycles. The lowest BCUT2D eigenvalue weighted by molar-refractivity contribution is -0.119. The molecular formula is C17H28N6O2S. The molecule has 144 valence electrons. The number of carbonyl (C=O) groups is 1. The average Bonchev–Trinajstić information content (AvgIpc) is 3.44. The molecular weight excluding hydrogens is 352 g/mol. The monoisotopic (exact) mass is 380 g/mol. The predicted molar refractivity (Wildman–Crippen MR) is 98.0 cm³/mol. The number of nitrogens with zero attached hydrogens (tertiary/aromatic N) is 5. The maximum absolute atomic E-state index is 12.4. The summed E-state index contributed by atoms with van der Waals surface area (Å²) in [6, 6.07) is 0.433. The van der Waals surface area contributed by atoms with E-state index in [-0.39, 0.29) is 11.4 Å². The van der Waals surface area contributed by atoms with Gasteiger partial charge < -0.3 is 10.1 Å². The summed E-state index contributed by atoms with van der Waals surface area (Å²) in [5.41, 5.74) is 0.109. The van der Waals surface area contributed by atoms with E-state index < -0.39 is 0 Å². The fourth-order valence-electron chi connectivity index (χ4n) is 4.13. The summed E-state index contributed by atoms with van der Waals surface area (Å²) in [5, 5.41) is 15.8. The normalized spacial score (nSPS) is 23.7. The molecule has 0 unspecified atom stereocenters. The van der Waals surface area contributed by atoms with Crippen molar-refractivity contribution in [3.8, 4) is 0 Å². The van der Waals surface area contributed by atoms with Crippen molar-refractivity contribution in [1.29, 1.82) is 0 Å². The molecule has 2 saturated carbocycles. The number of aromatic nitrogens is 4. The first-order valence-electron chi connectivity index (χ1n) is 9.77. The van der Waals surface area contributed by atoms with Gasteiger partial charge in [-0.15, -0.1) is 5.10 Å². The third-order valence-electron chi connectivity index (χ3n) is 5.77. The van der Waals surface area contributed by atoms with Crippen molar-refractivity contribution < 1.29 is 9.53 Å².